The van der Waals surface area contributed by atoms with Gasteiger partial charge in [-0.3, -0.25) is 9.45 Å². The highest BCUT2D eigenvalue weighted by Gasteiger charge is 2.14. The van der Waals surface area contributed by atoms with Crippen LogP contribution >= 0.6 is 23.2 Å². The van der Waals surface area contributed by atoms with E-state index in [0.717, 1.165) is 72.7 Å². The molecule has 0 saturated carbocycles. The summed E-state index contributed by atoms with van der Waals surface area (Å²) in [7, 11) is -2.03. The van der Waals surface area contributed by atoms with Crippen LogP contribution in [0, 0.1) is 0 Å². The quantitative estimate of drug-likeness (QED) is 0.0748. The minimum atomic E-state index is -3.67. The van der Waals surface area contributed by atoms with Gasteiger partial charge >= 0.3 is 0 Å². The molecular weight excluding hydrogens is 669 g/mol. The van der Waals surface area contributed by atoms with E-state index in [-0.39, 0.29) is 6.61 Å². The number of morpholine rings is 1. The Balaban J connectivity index is 0.000000930. The second-order valence-electron chi connectivity index (χ2n) is 10.5. The lowest BCUT2D eigenvalue weighted by Gasteiger charge is -2.26. The zero-order chi connectivity index (χ0) is 33.8. The van der Waals surface area contributed by atoms with Crippen LogP contribution in [0.15, 0.2) is 66.1 Å². The molecule has 0 spiro atoms. The third-order valence-corrected chi connectivity index (χ3v) is 7.49. The predicted octanol–water partition coefficient (Wildman–Crippen LogP) is 6.23. The average Bonchev–Trinajstić information content (AvgIpc) is 3.04. The number of nitrogens with zero attached hydrogens (tertiary/aromatic N) is 4. The van der Waals surface area contributed by atoms with Crippen LogP contribution in [0.3, 0.4) is 0 Å². The van der Waals surface area contributed by atoms with Crippen LogP contribution in [0.25, 0.3) is 10.9 Å². The summed E-state index contributed by atoms with van der Waals surface area (Å²) in [5.41, 5.74) is 4.09. The van der Waals surface area contributed by atoms with E-state index in [2.05, 4.69) is 25.3 Å². The van der Waals surface area contributed by atoms with E-state index in [0.29, 0.717) is 40.2 Å². The largest absolute Gasteiger partial charge is 0.493 e. The lowest BCUT2D eigenvalue weighted by atomic mass is 10.1. The fourth-order valence-electron chi connectivity index (χ4n) is 4.55. The lowest BCUT2D eigenvalue weighted by molar-refractivity contribution is 0.0357. The number of hydrogen-bond acceptors (Lipinski definition) is 11. The molecule has 0 radical (unpaired) electrons. The molecular formula is C32H37Cl2N5O7S. The Hall–Kier alpha value is -3.72. The van der Waals surface area contributed by atoms with Gasteiger partial charge in [-0.15, -0.1) is 0 Å². The lowest BCUT2D eigenvalue weighted by Crippen LogP contribution is -2.37. The van der Waals surface area contributed by atoms with Gasteiger partial charge in [0.1, 0.15) is 18.8 Å². The summed E-state index contributed by atoms with van der Waals surface area (Å²) in [6.45, 7) is 7.20. The number of nitrogens with one attached hydrogen (secondary N) is 1. The molecule has 0 unspecified atom stereocenters. The number of anilines is 2. The van der Waals surface area contributed by atoms with E-state index in [1.54, 1.807) is 19.2 Å². The van der Waals surface area contributed by atoms with Gasteiger partial charge < -0.3 is 24.4 Å². The van der Waals surface area contributed by atoms with Gasteiger partial charge in [0.15, 0.2) is 11.5 Å². The van der Waals surface area contributed by atoms with Crippen molar-refractivity contribution in [3.05, 3.63) is 82.1 Å². The Morgan fingerprint density at radius 2 is 1.79 bits per heavy atom. The van der Waals surface area contributed by atoms with Gasteiger partial charge in [-0.2, -0.15) is 8.42 Å². The molecule has 1 aliphatic rings. The smallest absolute Gasteiger partial charge is 0.261 e. The standard InChI is InChI=1S/C31H33Cl2N5O4.CH4O3S/c1-21(37-42-19-23-4-7-24(32)16-27(23)33)22-5-8-25(9-6-22)36-31-26-17-30(29(39-2)18-28(26)34-20-35-31)41-13-3-10-38-11-14-40-15-12-38;1-5(2,3)4/h4-9,16-18,20H,3,10-15,19H2,1-2H3,(H,34,35,36);1H3,(H,2,3,4). The maximum atomic E-state index is 9.19. The van der Waals surface area contributed by atoms with Gasteiger partial charge in [-0.1, -0.05) is 46.6 Å². The molecule has 0 atom stereocenters. The molecule has 4 aromatic rings. The average molecular weight is 707 g/mol. The molecule has 2 N–H and O–H groups in total. The molecule has 1 saturated heterocycles. The van der Waals surface area contributed by atoms with E-state index in [1.807, 2.05) is 49.4 Å². The summed E-state index contributed by atoms with van der Waals surface area (Å²) in [6, 6.07) is 16.9. The Bertz CT molecular complexity index is 1760. The van der Waals surface area contributed by atoms with Crippen LogP contribution in [0.2, 0.25) is 10.0 Å². The van der Waals surface area contributed by atoms with Crippen molar-refractivity contribution in [2.24, 2.45) is 5.16 Å². The molecule has 0 amide bonds. The number of oxime groups is 1. The molecule has 47 heavy (non-hydrogen) atoms. The summed E-state index contributed by atoms with van der Waals surface area (Å²) in [6.07, 6.45) is 3.15. The molecule has 5 rings (SSSR count). The zero-order valence-corrected chi connectivity index (χ0v) is 28.6. The fraction of sp³-hybridized carbons (Fsp3) is 0.344. The monoisotopic (exact) mass is 705 g/mol. The Kier molecular flexibility index (Phi) is 13.4. The van der Waals surface area contributed by atoms with Gasteiger partial charge in [0.05, 0.1) is 44.4 Å². The molecule has 2 heterocycles. The number of methoxy groups -OCH3 is 1. The summed E-state index contributed by atoms with van der Waals surface area (Å²) in [4.78, 5) is 16.9. The van der Waals surface area contributed by atoms with Gasteiger partial charge in [0.2, 0.25) is 0 Å². The molecule has 1 aliphatic heterocycles. The Morgan fingerprint density at radius 3 is 2.47 bits per heavy atom. The highest BCUT2D eigenvalue weighted by Crippen LogP contribution is 2.35. The highest BCUT2D eigenvalue weighted by atomic mass is 35.5. The van der Waals surface area contributed by atoms with Crippen molar-refractivity contribution in [3.8, 4) is 11.5 Å². The molecule has 12 nitrogen and oxygen atoms in total. The third-order valence-electron chi connectivity index (χ3n) is 6.90. The number of halogens is 2. The number of ether oxygens (including phenoxy) is 3. The van der Waals surface area contributed by atoms with Crippen molar-refractivity contribution in [2.45, 2.75) is 20.0 Å². The summed E-state index contributed by atoms with van der Waals surface area (Å²) in [5.74, 6) is 1.97. The SMILES string of the molecule is COc1cc2ncnc(Nc3ccc(C(C)=NOCc4ccc(Cl)cc4Cl)cc3)c2cc1OCCCN1CCOCC1.CS(=O)(=O)O. The van der Waals surface area contributed by atoms with Crippen molar-refractivity contribution in [2.75, 3.05) is 58.1 Å². The Labute approximate surface area is 284 Å². The molecule has 3 aromatic carbocycles. The molecule has 0 bridgehead atoms. The second-order valence-corrected chi connectivity index (χ2v) is 12.8. The fourth-order valence-corrected chi connectivity index (χ4v) is 5.02. The van der Waals surface area contributed by atoms with Gasteiger partial charge in [0.25, 0.3) is 10.1 Å². The first-order valence-electron chi connectivity index (χ1n) is 14.7. The normalized spacial score (nSPS) is 13.9. The number of aromatic nitrogens is 2. The van der Waals surface area contributed by atoms with Gasteiger partial charge in [-0.25, -0.2) is 9.97 Å². The van der Waals surface area contributed by atoms with Crippen molar-refractivity contribution < 1.29 is 32.0 Å². The van der Waals surface area contributed by atoms with Crippen molar-refractivity contribution in [1.29, 1.82) is 0 Å². The van der Waals surface area contributed by atoms with E-state index in [9.17, 15) is 8.42 Å². The van der Waals surface area contributed by atoms with Crippen molar-refractivity contribution >= 4 is 61.4 Å². The summed E-state index contributed by atoms with van der Waals surface area (Å²) in [5, 5.41) is 9.60. The zero-order valence-electron chi connectivity index (χ0n) is 26.3. The first kappa shape index (κ1) is 36.1. The summed E-state index contributed by atoms with van der Waals surface area (Å²) >= 11 is 12.2. The molecule has 0 aliphatic carbocycles. The van der Waals surface area contributed by atoms with Crippen molar-refractivity contribution in [3.63, 3.8) is 0 Å². The minimum Gasteiger partial charge on any atom is -0.493 e. The highest BCUT2D eigenvalue weighted by molar-refractivity contribution is 7.85. The van der Waals surface area contributed by atoms with E-state index in [4.69, 9.17) is 46.8 Å². The van der Waals surface area contributed by atoms with E-state index in [1.165, 1.54) is 6.33 Å². The topological polar surface area (TPSA) is 145 Å². The summed E-state index contributed by atoms with van der Waals surface area (Å²) < 4.78 is 43.0. The van der Waals surface area contributed by atoms with Crippen LogP contribution < -0.4 is 14.8 Å². The molecule has 1 fully saturated rings. The van der Waals surface area contributed by atoms with Crippen LogP contribution in [-0.4, -0.2) is 86.4 Å². The predicted molar refractivity (Wildman–Crippen MR) is 184 cm³/mol. The number of hydrogen-bond donors (Lipinski definition) is 2. The second kappa shape index (κ2) is 17.4. The first-order valence-corrected chi connectivity index (χ1v) is 17.3. The van der Waals surface area contributed by atoms with Crippen LogP contribution in [0.4, 0.5) is 11.5 Å². The first-order chi connectivity index (χ1) is 22.5. The maximum Gasteiger partial charge on any atom is 0.261 e. The molecule has 252 valence electrons. The van der Waals surface area contributed by atoms with Crippen molar-refractivity contribution in [1.82, 2.24) is 14.9 Å². The van der Waals surface area contributed by atoms with Crippen LogP contribution in [0.1, 0.15) is 24.5 Å². The minimum absolute atomic E-state index is 0.248. The Morgan fingerprint density at radius 1 is 1.06 bits per heavy atom. The van der Waals surface area contributed by atoms with E-state index < -0.39 is 10.1 Å². The van der Waals surface area contributed by atoms with Gasteiger partial charge in [-0.05, 0) is 49.2 Å². The van der Waals surface area contributed by atoms with Gasteiger partial charge in [0, 0.05) is 52.4 Å². The van der Waals surface area contributed by atoms with E-state index >= 15 is 0 Å². The number of rotatable bonds is 12. The number of fused-ring (bicyclic) bond motifs is 1. The maximum absolute atomic E-state index is 9.19. The van der Waals surface area contributed by atoms with Crippen LogP contribution in [0.5, 0.6) is 11.5 Å². The van der Waals surface area contributed by atoms with Crippen LogP contribution in [-0.2, 0) is 26.3 Å². The third kappa shape index (κ3) is 11.8. The molecule has 1 aromatic heterocycles. The molecule has 15 heteroatoms. The number of benzene rings is 3.